The fourth-order valence-corrected chi connectivity index (χ4v) is 3.80. The van der Waals surface area contributed by atoms with Crippen molar-refractivity contribution < 1.29 is 19.2 Å². The number of nitro benzene ring substituents is 1. The highest BCUT2D eigenvalue weighted by molar-refractivity contribution is 9.10. The molecule has 0 bridgehead atoms. The summed E-state index contributed by atoms with van der Waals surface area (Å²) in [6, 6.07) is 20.0. The van der Waals surface area contributed by atoms with Crippen LogP contribution in [0.25, 0.3) is 6.08 Å². The fourth-order valence-electron chi connectivity index (χ4n) is 3.29. The molecular weight excluding hydrogens is 502 g/mol. The minimum absolute atomic E-state index is 0.0200. The number of hydrogen-bond acceptors (Lipinski definition) is 6. The van der Waals surface area contributed by atoms with Gasteiger partial charge in [-0.15, -0.1) is 0 Å². The van der Waals surface area contributed by atoms with Gasteiger partial charge in [0.2, 0.25) is 0 Å². The standard InChI is InChI=1S/C25H18BrN3O5/c1-16-21(25(31)28(27-16)24(30)19-5-3-2-4-6-19)13-18-9-12-23(22(26)14-18)34-15-17-7-10-20(11-8-17)29(32)33/h2-14H,15H2,1H3/b21-13+. The Hall–Kier alpha value is -4.11. The number of amides is 2. The number of ether oxygens (including phenoxy) is 1. The second kappa shape index (κ2) is 9.80. The first-order valence-electron chi connectivity index (χ1n) is 10.2. The van der Waals surface area contributed by atoms with Gasteiger partial charge in [0, 0.05) is 17.7 Å². The van der Waals surface area contributed by atoms with Crippen molar-refractivity contribution in [1.29, 1.82) is 0 Å². The van der Waals surface area contributed by atoms with Gasteiger partial charge in [0.1, 0.15) is 12.4 Å². The van der Waals surface area contributed by atoms with Gasteiger partial charge in [0.05, 0.1) is 20.7 Å². The van der Waals surface area contributed by atoms with Gasteiger partial charge in [-0.3, -0.25) is 19.7 Å². The molecule has 0 aromatic heterocycles. The van der Waals surface area contributed by atoms with E-state index in [-0.39, 0.29) is 12.3 Å². The molecule has 0 atom stereocenters. The van der Waals surface area contributed by atoms with E-state index >= 15 is 0 Å². The number of nitro groups is 1. The molecular formula is C25H18BrN3O5. The molecule has 1 heterocycles. The largest absolute Gasteiger partial charge is 0.488 e. The van der Waals surface area contributed by atoms with Crippen molar-refractivity contribution in [1.82, 2.24) is 5.01 Å². The van der Waals surface area contributed by atoms with E-state index in [0.29, 0.717) is 27.1 Å². The van der Waals surface area contributed by atoms with Crippen LogP contribution in [-0.2, 0) is 11.4 Å². The lowest BCUT2D eigenvalue weighted by molar-refractivity contribution is -0.384. The molecule has 9 heteroatoms. The van der Waals surface area contributed by atoms with Gasteiger partial charge in [0.25, 0.3) is 17.5 Å². The molecule has 0 saturated carbocycles. The zero-order valence-electron chi connectivity index (χ0n) is 18.0. The van der Waals surface area contributed by atoms with E-state index < -0.39 is 16.7 Å². The van der Waals surface area contributed by atoms with Gasteiger partial charge in [0.15, 0.2) is 0 Å². The maximum Gasteiger partial charge on any atom is 0.283 e. The summed E-state index contributed by atoms with van der Waals surface area (Å²) >= 11 is 3.47. The highest BCUT2D eigenvalue weighted by Gasteiger charge is 2.32. The van der Waals surface area contributed by atoms with Crippen LogP contribution in [0, 0.1) is 10.1 Å². The lowest BCUT2D eigenvalue weighted by Crippen LogP contribution is -2.29. The molecule has 0 N–H and O–H groups in total. The molecule has 3 aromatic carbocycles. The third-order valence-electron chi connectivity index (χ3n) is 5.08. The summed E-state index contributed by atoms with van der Waals surface area (Å²) in [4.78, 5) is 35.8. The van der Waals surface area contributed by atoms with Crippen LogP contribution in [0.15, 0.2) is 87.9 Å². The Balaban J connectivity index is 1.46. The minimum Gasteiger partial charge on any atom is -0.488 e. The Morgan fingerprint density at radius 3 is 2.47 bits per heavy atom. The Kier molecular flexibility index (Phi) is 6.65. The van der Waals surface area contributed by atoms with Crippen molar-refractivity contribution in [3.05, 3.63) is 110 Å². The van der Waals surface area contributed by atoms with Gasteiger partial charge in [-0.25, -0.2) is 0 Å². The number of imide groups is 1. The summed E-state index contributed by atoms with van der Waals surface area (Å²) in [6.45, 7) is 1.91. The summed E-state index contributed by atoms with van der Waals surface area (Å²) in [6.07, 6.45) is 1.67. The van der Waals surface area contributed by atoms with Crippen LogP contribution >= 0.6 is 15.9 Å². The summed E-state index contributed by atoms with van der Waals surface area (Å²) < 4.78 is 6.47. The van der Waals surface area contributed by atoms with Gasteiger partial charge < -0.3 is 4.74 Å². The van der Waals surface area contributed by atoms with Crippen molar-refractivity contribution >= 4 is 45.2 Å². The third kappa shape index (κ3) is 4.94. The molecule has 1 aliphatic rings. The maximum atomic E-state index is 12.9. The number of hydrogen-bond donors (Lipinski definition) is 0. The van der Waals surface area contributed by atoms with Gasteiger partial charge >= 0.3 is 0 Å². The zero-order valence-corrected chi connectivity index (χ0v) is 19.6. The topological polar surface area (TPSA) is 102 Å². The fraction of sp³-hybridized carbons (Fsp3) is 0.0800. The van der Waals surface area contributed by atoms with Gasteiger partial charge in [-0.05, 0) is 76.5 Å². The summed E-state index contributed by atoms with van der Waals surface area (Å²) in [5, 5.41) is 15.8. The van der Waals surface area contributed by atoms with E-state index in [4.69, 9.17) is 4.74 Å². The molecule has 8 nitrogen and oxygen atoms in total. The number of carbonyl (C=O) groups excluding carboxylic acids is 2. The number of halogens is 1. The molecule has 0 spiro atoms. The summed E-state index contributed by atoms with van der Waals surface area (Å²) in [5.74, 6) is -0.394. The van der Waals surface area contributed by atoms with Crippen LogP contribution in [-0.4, -0.2) is 27.5 Å². The first-order chi connectivity index (χ1) is 16.3. The van der Waals surface area contributed by atoms with Crippen LogP contribution in [0.5, 0.6) is 5.75 Å². The minimum atomic E-state index is -0.485. The number of carbonyl (C=O) groups is 2. The first-order valence-corrected chi connectivity index (χ1v) is 11.0. The predicted molar refractivity (Wildman–Crippen MR) is 130 cm³/mol. The van der Waals surface area contributed by atoms with Crippen LogP contribution in [0.4, 0.5) is 5.69 Å². The lowest BCUT2D eigenvalue weighted by atomic mass is 10.1. The van der Waals surface area contributed by atoms with Crippen LogP contribution in [0.2, 0.25) is 0 Å². The lowest BCUT2D eigenvalue weighted by Gasteiger charge is -2.10. The van der Waals surface area contributed by atoms with Gasteiger partial charge in [-0.2, -0.15) is 10.1 Å². The number of benzene rings is 3. The second-order valence-corrected chi connectivity index (χ2v) is 8.29. The zero-order chi connectivity index (χ0) is 24.2. The molecule has 3 aromatic rings. The molecule has 170 valence electrons. The Morgan fingerprint density at radius 2 is 1.82 bits per heavy atom. The highest BCUT2D eigenvalue weighted by atomic mass is 79.9. The van der Waals surface area contributed by atoms with Crippen molar-refractivity contribution in [2.45, 2.75) is 13.5 Å². The maximum absolute atomic E-state index is 12.9. The van der Waals surface area contributed by atoms with Crippen molar-refractivity contribution in [3.63, 3.8) is 0 Å². The Labute approximate surface area is 203 Å². The Morgan fingerprint density at radius 1 is 1.12 bits per heavy atom. The Bertz CT molecular complexity index is 1330. The van der Waals surface area contributed by atoms with Crippen LogP contribution in [0.1, 0.15) is 28.4 Å². The van der Waals surface area contributed by atoms with E-state index in [1.165, 1.54) is 12.1 Å². The third-order valence-corrected chi connectivity index (χ3v) is 5.70. The van der Waals surface area contributed by atoms with Gasteiger partial charge in [-0.1, -0.05) is 24.3 Å². The molecule has 0 aliphatic carbocycles. The summed E-state index contributed by atoms with van der Waals surface area (Å²) in [7, 11) is 0. The molecule has 0 radical (unpaired) electrons. The molecule has 4 rings (SSSR count). The second-order valence-electron chi connectivity index (χ2n) is 7.43. The quantitative estimate of drug-likeness (QED) is 0.188. The van der Waals surface area contributed by atoms with Crippen LogP contribution in [0.3, 0.4) is 0 Å². The molecule has 0 fully saturated rings. The normalized spacial score (nSPS) is 14.3. The van der Waals surface area contributed by atoms with E-state index in [1.807, 2.05) is 0 Å². The van der Waals surface area contributed by atoms with Crippen LogP contribution < -0.4 is 4.74 Å². The smallest absolute Gasteiger partial charge is 0.283 e. The SMILES string of the molecule is CC1=NN(C(=O)c2ccccc2)C(=O)/C1=C/c1ccc(OCc2ccc([N+](=O)[O-])cc2)c(Br)c1. The highest BCUT2D eigenvalue weighted by Crippen LogP contribution is 2.29. The number of rotatable bonds is 6. The average molecular weight is 520 g/mol. The molecule has 34 heavy (non-hydrogen) atoms. The van der Waals surface area contributed by atoms with Crippen molar-refractivity contribution in [3.8, 4) is 5.75 Å². The van der Waals surface area contributed by atoms with Crippen molar-refractivity contribution in [2.24, 2.45) is 5.10 Å². The molecule has 0 unspecified atom stereocenters. The predicted octanol–water partition coefficient (Wildman–Crippen LogP) is 5.38. The molecule has 1 aliphatic heterocycles. The average Bonchev–Trinajstić information content (AvgIpc) is 3.12. The van der Waals surface area contributed by atoms with Crippen molar-refractivity contribution in [2.75, 3.05) is 0 Å². The summed E-state index contributed by atoms with van der Waals surface area (Å²) in [5.41, 5.74) is 2.69. The number of hydrazone groups is 1. The molecule has 0 saturated heterocycles. The van der Waals surface area contributed by atoms with E-state index in [9.17, 15) is 19.7 Å². The van der Waals surface area contributed by atoms with E-state index in [1.54, 1.807) is 73.7 Å². The number of nitrogens with zero attached hydrogens (tertiary/aromatic N) is 3. The van der Waals surface area contributed by atoms with E-state index in [2.05, 4.69) is 21.0 Å². The number of non-ortho nitro benzene ring substituents is 1. The molecule has 2 amide bonds. The monoisotopic (exact) mass is 519 g/mol. The first kappa shape index (κ1) is 23.1. The van der Waals surface area contributed by atoms with E-state index in [0.717, 1.165) is 16.1 Å².